The summed E-state index contributed by atoms with van der Waals surface area (Å²) in [5, 5.41) is 5.59. The molecule has 3 heterocycles. The van der Waals surface area contributed by atoms with Gasteiger partial charge in [0.15, 0.2) is 5.65 Å². The predicted molar refractivity (Wildman–Crippen MR) is 77.2 cm³/mol. The SMILES string of the molecule is CC(C)c1cc2cn(C(C)C)nc2nc1OC1COC1. The molecule has 1 fully saturated rings. The predicted octanol–water partition coefficient (Wildman–Crippen LogP) is 2.91. The maximum absolute atomic E-state index is 5.94. The molecule has 1 aliphatic rings. The molecule has 0 atom stereocenters. The first-order valence-corrected chi connectivity index (χ1v) is 7.18. The zero-order valence-corrected chi connectivity index (χ0v) is 12.5. The molecule has 108 valence electrons. The molecule has 5 nitrogen and oxygen atoms in total. The average Bonchev–Trinajstić information content (AvgIpc) is 2.75. The van der Waals surface area contributed by atoms with Crippen molar-refractivity contribution >= 4 is 11.0 Å². The first kappa shape index (κ1) is 13.4. The van der Waals surface area contributed by atoms with Crippen molar-refractivity contribution in [2.75, 3.05) is 13.2 Å². The molecule has 0 amide bonds. The molecule has 2 aromatic rings. The highest BCUT2D eigenvalue weighted by Crippen LogP contribution is 2.30. The monoisotopic (exact) mass is 275 g/mol. The fourth-order valence-corrected chi connectivity index (χ4v) is 2.19. The third-order valence-corrected chi connectivity index (χ3v) is 3.54. The van der Waals surface area contributed by atoms with Gasteiger partial charge in [0.25, 0.3) is 0 Å². The van der Waals surface area contributed by atoms with Crippen molar-refractivity contribution in [1.29, 1.82) is 0 Å². The molecule has 0 radical (unpaired) electrons. The van der Waals surface area contributed by atoms with E-state index in [0.717, 1.165) is 16.6 Å². The molecule has 0 bridgehead atoms. The van der Waals surface area contributed by atoms with Gasteiger partial charge in [-0.3, -0.25) is 4.68 Å². The Morgan fingerprint density at radius 1 is 1.30 bits per heavy atom. The second kappa shape index (κ2) is 5.05. The molecule has 2 aromatic heterocycles. The summed E-state index contributed by atoms with van der Waals surface area (Å²) in [4.78, 5) is 4.61. The van der Waals surface area contributed by atoms with Crippen LogP contribution >= 0.6 is 0 Å². The maximum Gasteiger partial charge on any atom is 0.219 e. The third kappa shape index (κ3) is 2.38. The van der Waals surface area contributed by atoms with Crippen LogP contribution < -0.4 is 4.74 Å². The third-order valence-electron chi connectivity index (χ3n) is 3.54. The lowest BCUT2D eigenvalue weighted by atomic mass is 10.0. The minimum Gasteiger partial charge on any atom is -0.469 e. The first-order chi connectivity index (χ1) is 9.54. The zero-order chi connectivity index (χ0) is 14.3. The lowest BCUT2D eigenvalue weighted by molar-refractivity contribution is -0.0816. The summed E-state index contributed by atoms with van der Waals surface area (Å²) in [7, 11) is 0. The van der Waals surface area contributed by atoms with E-state index in [-0.39, 0.29) is 6.10 Å². The fourth-order valence-electron chi connectivity index (χ4n) is 2.19. The van der Waals surface area contributed by atoms with Crippen LogP contribution in [0, 0.1) is 0 Å². The standard InChI is InChI=1S/C15H21N3O2/c1-9(2)13-5-11-6-18(10(3)4)17-14(11)16-15(13)20-12-7-19-8-12/h5-6,9-10,12H,7-8H2,1-4H3. The number of rotatable bonds is 4. The van der Waals surface area contributed by atoms with E-state index < -0.39 is 0 Å². The van der Waals surface area contributed by atoms with Crippen molar-refractivity contribution in [3.8, 4) is 5.88 Å². The number of fused-ring (bicyclic) bond motifs is 1. The smallest absolute Gasteiger partial charge is 0.219 e. The van der Waals surface area contributed by atoms with Crippen molar-refractivity contribution < 1.29 is 9.47 Å². The number of hydrogen-bond donors (Lipinski definition) is 0. The number of ether oxygens (including phenoxy) is 2. The van der Waals surface area contributed by atoms with Crippen molar-refractivity contribution in [2.45, 2.75) is 45.8 Å². The molecular formula is C15H21N3O2. The lowest BCUT2D eigenvalue weighted by Crippen LogP contribution is -2.39. The molecule has 1 aliphatic heterocycles. The van der Waals surface area contributed by atoms with E-state index in [1.54, 1.807) is 0 Å². The quantitative estimate of drug-likeness (QED) is 0.861. The minimum atomic E-state index is 0.129. The van der Waals surface area contributed by atoms with Crippen molar-refractivity contribution in [1.82, 2.24) is 14.8 Å². The summed E-state index contributed by atoms with van der Waals surface area (Å²) in [5.74, 6) is 1.07. The molecule has 0 aliphatic carbocycles. The van der Waals surface area contributed by atoms with E-state index >= 15 is 0 Å². The van der Waals surface area contributed by atoms with Gasteiger partial charge < -0.3 is 9.47 Å². The Kier molecular flexibility index (Phi) is 3.38. The number of pyridine rings is 1. The van der Waals surface area contributed by atoms with Gasteiger partial charge in [0.2, 0.25) is 5.88 Å². The van der Waals surface area contributed by atoms with Gasteiger partial charge in [-0.05, 0) is 25.8 Å². The van der Waals surface area contributed by atoms with Gasteiger partial charge in [-0.25, -0.2) is 0 Å². The average molecular weight is 275 g/mol. The van der Waals surface area contributed by atoms with Crippen molar-refractivity contribution in [2.24, 2.45) is 0 Å². The van der Waals surface area contributed by atoms with Crippen molar-refractivity contribution in [3.63, 3.8) is 0 Å². The van der Waals surface area contributed by atoms with Gasteiger partial charge in [0, 0.05) is 23.2 Å². The molecule has 5 heteroatoms. The summed E-state index contributed by atoms with van der Waals surface area (Å²) in [6.07, 6.45) is 2.18. The zero-order valence-electron chi connectivity index (χ0n) is 12.5. The molecule has 1 saturated heterocycles. The Bertz CT molecular complexity index is 615. The van der Waals surface area contributed by atoms with E-state index in [1.807, 2.05) is 4.68 Å². The summed E-state index contributed by atoms with van der Waals surface area (Å²) in [6.45, 7) is 9.83. The summed E-state index contributed by atoms with van der Waals surface area (Å²) >= 11 is 0. The Hall–Kier alpha value is -1.62. The van der Waals surface area contributed by atoms with Crippen LogP contribution in [-0.2, 0) is 4.74 Å². The first-order valence-electron chi connectivity index (χ1n) is 7.18. The van der Waals surface area contributed by atoms with E-state index in [9.17, 15) is 0 Å². The molecule has 0 saturated carbocycles. The Balaban J connectivity index is 2.03. The summed E-state index contributed by atoms with van der Waals surface area (Å²) < 4.78 is 13.0. The summed E-state index contributed by atoms with van der Waals surface area (Å²) in [5.41, 5.74) is 1.88. The Morgan fingerprint density at radius 3 is 2.60 bits per heavy atom. The molecule has 3 rings (SSSR count). The minimum absolute atomic E-state index is 0.129. The van der Waals surface area contributed by atoms with E-state index in [2.05, 4.69) is 50.0 Å². The van der Waals surface area contributed by atoms with Crippen LogP contribution in [0.1, 0.15) is 45.2 Å². The molecular weight excluding hydrogens is 254 g/mol. The molecule has 20 heavy (non-hydrogen) atoms. The number of aromatic nitrogens is 3. The Labute approximate surface area is 118 Å². The highest BCUT2D eigenvalue weighted by Gasteiger charge is 2.23. The van der Waals surface area contributed by atoms with Crippen molar-refractivity contribution in [3.05, 3.63) is 17.8 Å². The normalized spacial score (nSPS) is 16.1. The van der Waals surface area contributed by atoms with Gasteiger partial charge in [-0.1, -0.05) is 13.8 Å². The molecule has 0 N–H and O–H groups in total. The lowest BCUT2D eigenvalue weighted by Gasteiger charge is -2.27. The van der Waals surface area contributed by atoms with E-state index in [1.165, 1.54) is 0 Å². The van der Waals surface area contributed by atoms with Crippen LogP contribution in [0.2, 0.25) is 0 Å². The van der Waals surface area contributed by atoms with Gasteiger partial charge in [-0.2, -0.15) is 10.1 Å². The molecule has 0 aromatic carbocycles. The van der Waals surface area contributed by atoms with Gasteiger partial charge in [-0.15, -0.1) is 0 Å². The van der Waals surface area contributed by atoms with Gasteiger partial charge in [0.05, 0.1) is 13.2 Å². The fraction of sp³-hybridized carbons (Fsp3) is 0.600. The topological polar surface area (TPSA) is 49.2 Å². The van der Waals surface area contributed by atoms with Crippen LogP contribution in [0.4, 0.5) is 0 Å². The largest absolute Gasteiger partial charge is 0.469 e. The highest BCUT2D eigenvalue weighted by molar-refractivity contribution is 5.76. The van der Waals surface area contributed by atoms with E-state index in [0.29, 0.717) is 31.1 Å². The number of nitrogens with zero attached hydrogens (tertiary/aromatic N) is 3. The van der Waals surface area contributed by atoms with Gasteiger partial charge >= 0.3 is 0 Å². The van der Waals surface area contributed by atoms with Crippen LogP contribution in [0.3, 0.4) is 0 Å². The van der Waals surface area contributed by atoms with E-state index in [4.69, 9.17) is 9.47 Å². The Morgan fingerprint density at radius 2 is 2.05 bits per heavy atom. The second-order valence-corrected chi connectivity index (χ2v) is 5.93. The molecule has 0 unspecified atom stereocenters. The maximum atomic E-state index is 5.94. The van der Waals surface area contributed by atoms with Crippen LogP contribution in [0.15, 0.2) is 12.3 Å². The van der Waals surface area contributed by atoms with Gasteiger partial charge in [0.1, 0.15) is 6.10 Å². The highest BCUT2D eigenvalue weighted by atomic mass is 16.6. The number of hydrogen-bond acceptors (Lipinski definition) is 4. The van der Waals surface area contributed by atoms with Crippen LogP contribution in [-0.4, -0.2) is 34.1 Å². The summed E-state index contributed by atoms with van der Waals surface area (Å²) in [6, 6.07) is 2.48. The van der Waals surface area contributed by atoms with Crippen LogP contribution in [0.25, 0.3) is 11.0 Å². The molecule has 0 spiro atoms. The van der Waals surface area contributed by atoms with Crippen LogP contribution in [0.5, 0.6) is 5.88 Å². The second-order valence-electron chi connectivity index (χ2n) is 5.93.